The lowest BCUT2D eigenvalue weighted by Crippen LogP contribution is -2.51. The molecule has 2 unspecified atom stereocenters. The number of aliphatic imine (C=N–C) groups is 1. The zero-order chi connectivity index (χ0) is 28.4. The summed E-state index contributed by atoms with van der Waals surface area (Å²) in [7, 11) is 0. The van der Waals surface area contributed by atoms with Crippen LogP contribution in [0.15, 0.2) is 53.5 Å². The van der Waals surface area contributed by atoms with Gasteiger partial charge in [0.1, 0.15) is 11.4 Å². The topological polar surface area (TPSA) is 99.1 Å². The van der Waals surface area contributed by atoms with Gasteiger partial charge in [0.05, 0.1) is 12.0 Å². The van der Waals surface area contributed by atoms with E-state index in [2.05, 4.69) is 19.2 Å². The number of hydrogen-bond acceptors (Lipinski definition) is 4. The maximum atomic E-state index is 13.7. The molecule has 2 aromatic carbocycles. The van der Waals surface area contributed by atoms with Gasteiger partial charge in [0, 0.05) is 24.2 Å². The van der Waals surface area contributed by atoms with Crippen molar-refractivity contribution in [2.45, 2.75) is 57.8 Å². The number of rotatable bonds is 8. The number of alkyl halides is 3. The van der Waals surface area contributed by atoms with Crippen LogP contribution >= 0.6 is 0 Å². The van der Waals surface area contributed by atoms with Crippen LogP contribution in [-0.2, 0) is 22.2 Å². The van der Waals surface area contributed by atoms with Crippen LogP contribution in [0.4, 0.5) is 13.2 Å². The second-order valence-electron chi connectivity index (χ2n) is 10.7. The number of carboxylic acids is 1. The Labute approximate surface area is 225 Å². The fraction of sp³-hybridized carbons (Fsp3) is 0.448. The van der Waals surface area contributed by atoms with E-state index in [0.717, 1.165) is 24.1 Å². The third kappa shape index (κ3) is 6.49. The first kappa shape index (κ1) is 28.3. The Hall–Kier alpha value is -3.69. The molecule has 2 aliphatic rings. The van der Waals surface area contributed by atoms with Crippen LogP contribution in [0.25, 0.3) is 0 Å². The number of carbonyl (C=O) groups excluding carboxylic acids is 2. The summed E-state index contributed by atoms with van der Waals surface area (Å²) in [5, 5.41) is 11.3. The fourth-order valence-electron chi connectivity index (χ4n) is 5.79. The predicted octanol–water partition coefficient (Wildman–Crippen LogP) is 4.94. The number of nitrogens with zero attached hydrogens (tertiary/aromatic N) is 2. The van der Waals surface area contributed by atoms with Gasteiger partial charge in [-0.2, -0.15) is 13.2 Å². The molecule has 2 atom stereocenters. The van der Waals surface area contributed by atoms with Gasteiger partial charge in [-0.15, -0.1) is 0 Å². The quantitative estimate of drug-likeness (QED) is 0.493. The molecular formula is C29H32F3N3O4. The van der Waals surface area contributed by atoms with E-state index < -0.39 is 23.4 Å². The van der Waals surface area contributed by atoms with Gasteiger partial charge >= 0.3 is 12.1 Å². The van der Waals surface area contributed by atoms with E-state index in [1.54, 1.807) is 29.2 Å². The predicted molar refractivity (Wildman–Crippen MR) is 139 cm³/mol. The Kier molecular flexibility index (Phi) is 8.13. The van der Waals surface area contributed by atoms with Crippen molar-refractivity contribution in [2.75, 3.05) is 13.1 Å². The van der Waals surface area contributed by atoms with Crippen LogP contribution in [-0.4, -0.2) is 52.3 Å². The molecule has 1 heterocycles. The highest BCUT2D eigenvalue weighted by Crippen LogP contribution is 2.44. The van der Waals surface area contributed by atoms with Crippen LogP contribution in [0.3, 0.4) is 0 Å². The number of benzene rings is 2. The van der Waals surface area contributed by atoms with Crippen LogP contribution < -0.4 is 5.32 Å². The average molecular weight is 544 g/mol. The van der Waals surface area contributed by atoms with Crippen molar-refractivity contribution in [3.63, 3.8) is 0 Å². The molecule has 1 saturated carbocycles. The number of nitrogens with one attached hydrogen (secondary N) is 1. The molecule has 0 bridgehead atoms. The molecule has 0 aromatic heterocycles. The summed E-state index contributed by atoms with van der Waals surface area (Å²) < 4.78 is 40.1. The van der Waals surface area contributed by atoms with E-state index in [4.69, 9.17) is 10.1 Å². The minimum absolute atomic E-state index is 0.0279. The molecule has 39 heavy (non-hydrogen) atoms. The van der Waals surface area contributed by atoms with Crippen molar-refractivity contribution in [1.29, 1.82) is 0 Å². The minimum atomic E-state index is -4.53. The number of halogens is 3. The molecule has 0 radical (unpaired) electrons. The highest BCUT2D eigenvalue weighted by molar-refractivity contribution is 6.46. The third-order valence-electron chi connectivity index (χ3n) is 7.35. The zero-order valence-electron chi connectivity index (χ0n) is 21.9. The monoisotopic (exact) mass is 543 g/mol. The molecule has 0 saturated heterocycles. The van der Waals surface area contributed by atoms with Gasteiger partial charge in [0.25, 0.3) is 11.8 Å². The summed E-state index contributed by atoms with van der Waals surface area (Å²) in [6.07, 6.45) is -1.95. The van der Waals surface area contributed by atoms with E-state index in [9.17, 15) is 27.6 Å². The summed E-state index contributed by atoms with van der Waals surface area (Å²) in [4.78, 5) is 43.1. The van der Waals surface area contributed by atoms with E-state index in [-0.39, 0.29) is 36.1 Å². The van der Waals surface area contributed by atoms with Crippen molar-refractivity contribution in [1.82, 2.24) is 10.2 Å². The Balaban J connectivity index is 1.54. The summed E-state index contributed by atoms with van der Waals surface area (Å²) in [6.45, 7) is 4.57. The Morgan fingerprint density at radius 1 is 1.10 bits per heavy atom. The maximum Gasteiger partial charge on any atom is 0.416 e. The number of carbonyl (C=O) groups is 3. The van der Waals surface area contributed by atoms with Gasteiger partial charge in [0.2, 0.25) is 0 Å². The highest BCUT2D eigenvalue weighted by Gasteiger charge is 2.50. The van der Waals surface area contributed by atoms with Crippen molar-refractivity contribution in [3.05, 3.63) is 70.8 Å². The minimum Gasteiger partial charge on any atom is -0.481 e. The van der Waals surface area contributed by atoms with E-state index in [1.807, 2.05) is 0 Å². The van der Waals surface area contributed by atoms with Gasteiger partial charge in [-0.05, 0) is 67.3 Å². The SMILES string of the molecule is CC1CC(C)CC2(C1)N=C(c1cccc(C(F)(F)F)c1)C(=O)N2CCc1ccc(C(=O)NCCC(=O)O)cc1. The van der Waals surface area contributed by atoms with Gasteiger partial charge in [0.15, 0.2) is 0 Å². The lowest BCUT2D eigenvalue weighted by molar-refractivity contribution is -0.138. The van der Waals surface area contributed by atoms with E-state index in [1.165, 1.54) is 12.1 Å². The van der Waals surface area contributed by atoms with Crippen molar-refractivity contribution >= 4 is 23.5 Å². The molecular weight excluding hydrogens is 511 g/mol. The van der Waals surface area contributed by atoms with Crippen molar-refractivity contribution < 1.29 is 32.7 Å². The normalized spacial score (nSPS) is 23.2. The number of carboxylic acid groups (broad SMARTS) is 1. The largest absolute Gasteiger partial charge is 0.481 e. The Morgan fingerprint density at radius 2 is 1.77 bits per heavy atom. The average Bonchev–Trinajstić information content (AvgIpc) is 3.11. The van der Waals surface area contributed by atoms with Gasteiger partial charge in [-0.1, -0.05) is 38.1 Å². The first-order valence-corrected chi connectivity index (χ1v) is 13.1. The fourth-order valence-corrected chi connectivity index (χ4v) is 5.79. The zero-order valence-corrected chi connectivity index (χ0v) is 21.9. The van der Waals surface area contributed by atoms with Crippen LogP contribution in [0, 0.1) is 11.8 Å². The van der Waals surface area contributed by atoms with Crippen molar-refractivity contribution in [2.24, 2.45) is 16.8 Å². The molecule has 2 N–H and O–H groups in total. The number of amides is 2. The molecule has 7 nitrogen and oxygen atoms in total. The first-order valence-electron chi connectivity index (χ1n) is 13.1. The summed E-state index contributed by atoms with van der Waals surface area (Å²) in [5.74, 6) is -1.15. The lowest BCUT2D eigenvalue weighted by Gasteiger charge is -2.44. The van der Waals surface area contributed by atoms with Crippen LogP contribution in [0.2, 0.25) is 0 Å². The number of hydrogen-bond donors (Lipinski definition) is 2. The Bertz CT molecular complexity index is 1260. The molecule has 2 aromatic rings. The second kappa shape index (κ2) is 11.2. The lowest BCUT2D eigenvalue weighted by atomic mass is 9.76. The second-order valence-corrected chi connectivity index (χ2v) is 10.7. The first-order chi connectivity index (χ1) is 18.4. The van der Waals surface area contributed by atoms with E-state index >= 15 is 0 Å². The molecule has 2 amide bonds. The number of aliphatic carboxylic acids is 1. The summed E-state index contributed by atoms with van der Waals surface area (Å²) >= 11 is 0. The van der Waals surface area contributed by atoms with Gasteiger partial charge < -0.3 is 15.3 Å². The van der Waals surface area contributed by atoms with Crippen LogP contribution in [0.1, 0.15) is 66.6 Å². The molecule has 1 aliphatic carbocycles. The molecule has 1 aliphatic heterocycles. The molecule has 10 heteroatoms. The molecule has 208 valence electrons. The van der Waals surface area contributed by atoms with Gasteiger partial charge in [-0.25, -0.2) is 0 Å². The van der Waals surface area contributed by atoms with E-state index in [0.29, 0.717) is 43.2 Å². The van der Waals surface area contributed by atoms with Crippen molar-refractivity contribution in [3.8, 4) is 0 Å². The molecule has 1 spiro atoms. The molecule has 1 fully saturated rings. The maximum absolute atomic E-state index is 13.7. The Morgan fingerprint density at radius 3 is 2.38 bits per heavy atom. The summed E-state index contributed by atoms with van der Waals surface area (Å²) in [5.41, 5.74) is -0.119. The standard InChI is InChI=1S/C29H32F3N3O4/c1-18-14-19(2)17-28(16-18)34-25(22-4-3-5-23(15-22)29(30,31)32)27(39)35(28)13-11-20-6-8-21(9-7-20)26(38)33-12-10-24(36)37/h3-9,15,18-19H,10-14,16-17H2,1-2H3,(H,33,38)(H,36,37). The smallest absolute Gasteiger partial charge is 0.416 e. The summed E-state index contributed by atoms with van der Waals surface area (Å²) in [6, 6.07) is 11.6. The van der Waals surface area contributed by atoms with Crippen LogP contribution in [0.5, 0.6) is 0 Å². The third-order valence-corrected chi connectivity index (χ3v) is 7.35. The van der Waals surface area contributed by atoms with Gasteiger partial charge in [-0.3, -0.25) is 19.4 Å². The highest BCUT2D eigenvalue weighted by atomic mass is 19.4. The molecule has 4 rings (SSSR count).